The largest absolute Gasteiger partial charge is 0.497 e. The maximum atomic E-state index is 12.1. The number of amides is 1. The van der Waals surface area contributed by atoms with Crippen LogP contribution < -0.4 is 10.1 Å². The third kappa shape index (κ3) is 4.37. The van der Waals surface area contributed by atoms with E-state index in [1.807, 2.05) is 30.5 Å². The van der Waals surface area contributed by atoms with Crippen LogP contribution in [0.3, 0.4) is 0 Å². The quantitative estimate of drug-likeness (QED) is 0.810. The molecule has 0 saturated heterocycles. The first-order valence-corrected chi connectivity index (χ1v) is 8.56. The number of benzene rings is 1. The van der Waals surface area contributed by atoms with E-state index in [2.05, 4.69) is 21.8 Å². The third-order valence-corrected chi connectivity index (χ3v) is 4.45. The lowest BCUT2D eigenvalue weighted by Gasteiger charge is -2.10. The van der Waals surface area contributed by atoms with Crippen molar-refractivity contribution in [2.24, 2.45) is 5.92 Å². The van der Waals surface area contributed by atoms with Crippen molar-refractivity contribution in [1.82, 2.24) is 14.9 Å². The SMILES string of the molecule is COc1cccc(CC(=O)NCCc2ncc(C)n2CC2CC2)c1. The maximum Gasteiger partial charge on any atom is 0.224 e. The van der Waals surface area contributed by atoms with E-state index in [-0.39, 0.29) is 5.91 Å². The lowest BCUT2D eigenvalue weighted by molar-refractivity contribution is -0.120. The standard InChI is InChI=1S/C19H25N3O2/c1-14-12-21-18(22(14)13-15-6-7-15)8-9-20-19(23)11-16-4-3-5-17(10-16)24-2/h3-5,10,12,15H,6-9,11,13H2,1-2H3,(H,20,23). The van der Waals surface area contributed by atoms with Crippen molar-refractivity contribution < 1.29 is 9.53 Å². The first-order chi connectivity index (χ1) is 11.7. The predicted octanol–water partition coefficient (Wildman–Crippen LogP) is 2.51. The van der Waals surface area contributed by atoms with Crippen LogP contribution in [0, 0.1) is 12.8 Å². The fourth-order valence-electron chi connectivity index (χ4n) is 2.86. The molecule has 1 aromatic heterocycles. The summed E-state index contributed by atoms with van der Waals surface area (Å²) in [6.07, 6.45) is 5.72. The van der Waals surface area contributed by atoms with Gasteiger partial charge in [0.15, 0.2) is 0 Å². The van der Waals surface area contributed by atoms with Gasteiger partial charge in [-0.1, -0.05) is 12.1 Å². The number of aryl methyl sites for hydroxylation is 1. The first kappa shape index (κ1) is 16.6. The highest BCUT2D eigenvalue weighted by molar-refractivity contribution is 5.78. The van der Waals surface area contributed by atoms with E-state index in [0.29, 0.717) is 13.0 Å². The lowest BCUT2D eigenvalue weighted by Crippen LogP contribution is -2.28. The summed E-state index contributed by atoms with van der Waals surface area (Å²) in [5.41, 5.74) is 2.16. The Morgan fingerprint density at radius 1 is 1.42 bits per heavy atom. The predicted molar refractivity (Wildman–Crippen MR) is 93.1 cm³/mol. The number of methoxy groups -OCH3 is 1. The molecule has 1 N–H and O–H groups in total. The molecule has 2 aromatic rings. The Balaban J connectivity index is 1.48. The number of imidazole rings is 1. The van der Waals surface area contributed by atoms with Gasteiger partial charge in [0.05, 0.1) is 13.5 Å². The van der Waals surface area contributed by atoms with Crippen LogP contribution in [-0.4, -0.2) is 29.1 Å². The zero-order chi connectivity index (χ0) is 16.9. The van der Waals surface area contributed by atoms with E-state index in [4.69, 9.17) is 4.74 Å². The normalized spacial score (nSPS) is 13.8. The van der Waals surface area contributed by atoms with Crippen molar-refractivity contribution >= 4 is 5.91 Å². The molecule has 0 atom stereocenters. The summed E-state index contributed by atoms with van der Waals surface area (Å²) in [5.74, 6) is 2.69. The number of hydrogen-bond donors (Lipinski definition) is 1. The summed E-state index contributed by atoms with van der Waals surface area (Å²) in [4.78, 5) is 16.6. The van der Waals surface area contributed by atoms with E-state index in [9.17, 15) is 4.79 Å². The fourth-order valence-corrected chi connectivity index (χ4v) is 2.86. The van der Waals surface area contributed by atoms with Crippen LogP contribution in [0.1, 0.15) is 29.9 Å². The molecular weight excluding hydrogens is 302 g/mol. The summed E-state index contributed by atoms with van der Waals surface area (Å²) in [5, 5.41) is 2.99. The molecule has 1 saturated carbocycles. The fraction of sp³-hybridized carbons (Fsp3) is 0.474. The molecule has 1 aliphatic rings. The van der Waals surface area contributed by atoms with Crippen LogP contribution in [0.4, 0.5) is 0 Å². The van der Waals surface area contributed by atoms with Crippen LogP contribution >= 0.6 is 0 Å². The topological polar surface area (TPSA) is 56.1 Å². The second-order valence-corrected chi connectivity index (χ2v) is 6.50. The van der Waals surface area contributed by atoms with E-state index in [0.717, 1.165) is 36.0 Å². The Morgan fingerprint density at radius 3 is 3.00 bits per heavy atom. The van der Waals surface area contributed by atoms with Crippen molar-refractivity contribution in [1.29, 1.82) is 0 Å². The van der Waals surface area contributed by atoms with Crippen LogP contribution in [-0.2, 0) is 24.2 Å². The average Bonchev–Trinajstić information content (AvgIpc) is 3.33. The van der Waals surface area contributed by atoms with Gasteiger partial charge in [0.2, 0.25) is 5.91 Å². The highest BCUT2D eigenvalue weighted by Gasteiger charge is 2.23. The first-order valence-electron chi connectivity index (χ1n) is 8.56. The van der Waals surface area contributed by atoms with Gasteiger partial charge in [-0.15, -0.1) is 0 Å². The molecule has 1 fully saturated rings. The Labute approximate surface area is 143 Å². The number of aromatic nitrogens is 2. The number of rotatable bonds is 8. The number of nitrogens with zero attached hydrogens (tertiary/aromatic N) is 2. The zero-order valence-corrected chi connectivity index (χ0v) is 14.4. The second kappa shape index (κ2) is 7.51. The second-order valence-electron chi connectivity index (χ2n) is 6.50. The molecule has 0 aliphatic heterocycles. The van der Waals surface area contributed by atoms with Gasteiger partial charge in [0, 0.05) is 31.4 Å². The molecule has 1 aliphatic carbocycles. The van der Waals surface area contributed by atoms with Crippen LogP contribution in [0.15, 0.2) is 30.5 Å². The minimum Gasteiger partial charge on any atom is -0.497 e. The summed E-state index contributed by atoms with van der Waals surface area (Å²) in [6, 6.07) is 7.61. The minimum atomic E-state index is 0.0280. The molecule has 5 heteroatoms. The van der Waals surface area contributed by atoms with Crippen molar-refractivity contribution in [3.63, 3.8) is 0 Å². The maximum absolute atomic E-state index is 12.1. The summed E-state index contributed by atoms with van der Waals surface area (Å²) in [7, 11) is 1.63. The molecule has 0 spiro atoms. The van der Waals surface area contributed by atoms with Gasteiger partial charge in [0.25, 0.3) is 0 Å². The molecule has 1 amide bonds. The van der Waals surface area contributed by atoms with Crippen molar-refractivity contribution in [3.05, 3.63) is 47.5 Å². The van der Waals surface area contributed by atoms with Crippen molar-refractivity contribution in [2.45, 2.75) is 39.2 Å². The molecule has 1 aromatic carbocycles. The summed E-state index contributed by atoms with van der Waals surface area (Å²) < 4.78 is 7.48. The lowest BCUT2D eigenvalue weighted by atomic mass is 10.1. The molecule has 3 rings (SSSR count). The highest BCUT2D eigenvalue weighted by atomic mass is 16.5. The van der Waals surface area contributed by atoms with Crippen LogP contribution in [0.2, 0.25) is 0 Å². The molecule has 24 heavy (non-hydrogen) atoms. The van der Waals surface area contributed by atoms with Gasteiger partial charge in [-0.05, 0) is 43.4 Å². The number of carbonyl (C=O) groups is 1. The zero-order valence-electron chi connectivity index (χ0n) is 14.4. The average molecular weight is 327 g/mol. The number of ether oxygens (including phenoxy) is 1. The van der Waals surface area contributed by atoms with Crippen molar-refractivity contribution in [2.75, 3.05) is 13.7 Å². The summed E-state index contributed by atoms with van der Waals surface area (Å²) in [6.45, 7) is 3.78. The van der Waals surface area contributed by atoms with E-state index in [1.54, 1.807) is 7.11 Å². The highest BCUT2D eigenvalue weighted by Crippen LogP contribution is 2.31. The molecular formula is C19H25N3O2. The van der Waals surface area contributed by atoms with Crippen molar-refractivity contribution in [3.8, 4) is 5.75 Å². The van der Waals surface area contributed by atoms with Crippen LogP contribution in [0.5, 0.6) is 5.75 Å². The Bertz CT molecular complexity index is 704. The molecule has 0 bridgehead atoms. The van der Waals surface area contributed by atoms with E-state index in [1.165, 1.54) is 18.5 Å². The number of nitrogens with one attached hydrogen (secondary N) is 1. The Hall–Kier alpha value is -2.30. The minimum absolute atomic E-state index is 0.0280. The smallest absolute Gasteiger partial charge is 0.224 e. The molecule has 5 nitrogen and oxygen atoms in total. The van der Waals surface area contributed by atoms with Gasteiger partial charge in [0.1, 0.15) is 11.6 Å². The van der Waals surface area contributed by atoms with Gasteiger partial charge < -0.3 is 14.6 Å². The third-order valence-electron chi connectivity index (χ3n) is 4.45. The molecule has 0 unspecified atom stereocenters. The van der Waals surface area contributed by atoms with Gasteiger partial charge >= 0.3 is 0 Å². The van der Waals surface area contributed by atoms with E-state index < -0.39 is 0 Å². The molecule has 128 valence electrons. The van der Waals surface area contributed by atoms with Gasteiger partial charge in [-0.25, -0.2) is 4.98 Å². The Morgan fingerprint density at radius 2 is 2.25 bits per heavy atom. The number of hydrogen-bond acceptors (Lipinski definition) is 3. The summed E-state index contributed by atoms with van der Waals surface area (Å²) >= 11 is 0. The molecule has 1 heterocycles. The number of carbonyl (C=O) groups excluding carboxylic acids is 1. The van der Waals surface area contributed by atoms with E-state index >= 15 is 0 Å². The van der Waals surface area contributed by atoms with Crippen LogP contribution in [0.25, 0.3) is 0 Å². The Kier molecular flexibility index (Phi) is 5.18. The van der Waals surface area contributed by atoms with Gasteiger partial charge in [-0.2, -0.15) is 0 Å². The van der Waals surface area contributed by atoms with Gasteiger partial charge in [-0.3, -0.25) is 4.79 Å². The molecule has 0 radical (unpaired) electrons. The monoisotopic (exact) mass is 327 g/mol.